The van der Waals surface area contributed by atoms with Gasteiger partial charge in [-0.1, -0.05) is 29.3 Å². The van der Waals surface area contributed by atoms with Crippen LogP contribution in [0.1, 0.15) is 36.5 Å². The van der Waals surface area contributed by atoms with Crippen LogP contribution >= 0.6 is 15.9 Å². The number of primary amides is 1. The molecule has 0 spiro atoms. The van der Waals surface area contributed by atoms with E-state index in [0.717, 1.165) is 10.9 Å². The van der Waals surface area contributed by atoms with Crippen molar-refractivity contribution < 1.29 is 14.7 Å². The number of halogens is 1. The van der Waals surface area contributed by atoms with Gasteiger partial charge in [0, 0.05) is 16.2 Å². The molecule has 4 N–H and O–H groups in total. The van der Waals surface area contributed by atoms with Gasteiger partial charge in [0.2, 0.25) is 0 Å². The van der Waals surface area contributed by atoms with E-state index < -0.39 is 11.9 Å². The van der Waals surface area contributed by atoms with Crippen LogP contribution in [0.25, 0.3) is 0 Å². The molecular formula is C13H17BrN2O3. The number of nitrogens with two attached hydrogens (primary N) is 1. The lowest BCUT2D eigenvalue weighted by Crippen LogP contribution is -2.25. The number of benzene rings is 1. The molecule has 1 aromatic carbocycles. The van der Waals surface area contributed by atoms with Gasteiger partial charge in [-0.15, -0.1) is 0 Å². The number of nitrogens with one attached hydrogen (secondary N) is 1. The van der Waals surface area contributed by atoms with E-state index in [-0.39, 0.29) is 12.5 Å². The lowest BCUT2D eigenvalue weighted by molar-refractivity contribution is -0.137. The molecule has 0 aromatic heterocycles. The topological polar surface area (TPSA) is 92.4 Å². The number of anilines is 1. The zero-order chi connectivity index (χ0) is 14.4. The highest BCUT2D eigenvalue weighted by molar-refractivity contribution is 9.10. The first kappa shape index (κ1) is 15.5. The largest absolute Gasteiger partial charge is 0.481 e. The van der Waals surface area contributed by atoms with Gasteiger partial charge in [0.15, 0.2) is 0 Å². The summed E-state index contributed by atoms with van der Waals surface area (Å²) in [6, 6.07) is 4.89. The third-order valence-corrected chi connectivity index (χ3v) is 3.16. The fourth-order valence-electron chi connectivity index (χ4n) is 1.85. The lowest BCUT2D eigenvalue weighted by Gasteiger charge is -2.19. The number of hydrogen-bond acceptors (Lipinski definition) is 3. The number of carboxylic acids is 1. The van der Waals surface area contributed by atoms with Crippen LogP contribution in [0.5, 0.6) is 0 Å². The summed E-state index contributed by atoms with van der Waals surface area (Å²) in [5.74, 6) is -1.42. The van der Waals surface area contributed by atoms with Crippen LogP contribution in [0, 0.1) is 0 Å². The van der Waals surface area contributed by atoms with E-state index in [1.165, 1.54) is 0 Å². The Labute approximate surface area is 120 Å². The van der Waals surface area contributed by atoms with Crippen molar-refractivity contribution in [3.05, 3.63) is 28.2 Å². The first-order valence-electron chi connectivity index (χ1n) is 6.01. The van der Waals surface area contributed by atoms with Crippen molar-refractivity contribution >= 4 is 33.5 Å². The third-order valence-electron chi connectivity index (χ3n) is 2.66. The molecule has 6 heteroatoms. The van der Waals surface area contributed by atoms with Crippen molar-refractivity contribution in [2.45, 2.75) is 32.2 Å². The first-order chi connectivity index (χ1) is 8.93. The minimum atomic E-state index is -0.872. The van der Waals surface area contributed by atoms with E-state index in [2.05, 4.69) is 21.2 Å². The Morgan fingerprint density at radius 3 is 2.68 bits per heavy atom. The fraction of sp³-hybridized carbons (Fsp3) is 0.385. The molecule has 1 unspecified atom stereocenters. The maximum absolute atomic E-state index is 11.4. The van der Waals surface area contributed by atoms with E-state index >= 15 is 0 Å². The molecule has 0 saturated carbocycles. The SMILES string of the molecule is CCCC(CC(=O)O)Nc1ccc(Br)cc1C(N)=O. The molecule has 0 saturated heterocycles. The van der Waals surface area contributed by atoms with E-state index in [9.17, 15) is 9.59 Å². The van der Waals surface area contributed by atoms with Crippen molar-refractivity contribution in [3.8, 4) is 0 Å². The molecule has 0 aliphatic heterocycles. The smallest absolute Gasteiger partial charge is 0.305 e. The molecule has 0 bridgehead atoms. The molecule has 104 valence electrons. The van der Waals surface area contributed by atoms with E-state index in [0.29, 0.717) is 17.7 Å². The Morgan fingerprint density at radius 2 is 2.16 bits per heavy atom. The maximum Gasteiger partial charge on any atom is 0.305 e. The minimum Gasteiger partial charge on any atom is -0.481 e. The number of amides is 1. The fourth-order valence-corrected chi connectivity index (χ4v) is 2.21. The molecule has 0 heterocycles. The molecule has 19 heavy (non-hydrogen) atoms. The molecule has 0 fully saturated rings. The average molecular weight is 329 g/mol. The highest BCUT2D eigenvalue weighted by Crippen LogP contribution is 2.22. The lowest BCUT2D eigenvalue weighted by atomic mass is 10.1. The van der Waals surface area contributed by atoms with Crippen LogP contribution in [0.15, 0.2) is 22.7 Å². The summed E-state index contributed by atoms with van der Waals surface area (Å²) in [6.45, 7) is 1.98. The molecular weight excluding hydrogens is 312 g/mol. The maximum atomic E-state index is 11.4. The van der Waals surface area contributed by atoms with Crippen LogP contribution in [-0.4, -0.2) is 23.0 Å². The van der Waals surface area contributed by atoms with E-state index in [1.807, 2.05) is 6.92 Å². The Hall–Kier alpha value is -1.56. The summed E-state index contributed by atoms with van der Waals surface area (Å²) in [7, 11) is 0. The summed E-state index contributed by atoms with van der Waals surface area (Å²) in [5, 5.41) is 12.0. The second-order valence-corrected chi connectivity index (χ2v) is 5.20. The van der Waals surface area contributed by atoms with Gasteiger partial charge in [0.05, 0.1) is 12.0 Å². The van der Waals surface area contributed by atoms with Gasteiger partial charge in [0.25, 0.3) is 5.91 Å². The van der Waals surface area contributed by atoms with Crippen LogP contribution in [-0.2, 0) is 4.79 Å². The number of rotatable bonds is 7. The van der Waals surface area contributed by atoms with Gasteiger partial charge in [-0.05, 0) is 24.6 Å². The zero-order valence-corrected chi connectivity index (χ0v) is 12.2. The average Bonchev–Trinajstić information content (AvgIpc) is 2.30. The third kappa shape index (κ3) is 4.90. The molecule has 0 aliphatic carbocycles. The second-order valence-electron chi connectivity index (χ2n) is 4.28. The van der Waals surface area contributed by atoms with Gasteiger partial charge < -0.3 is 16.2 Å². The second kappa shape index (κ2) is 7.13. The van der Waals surface area contributed by atoms with E-state index in [4.69, 9.17) is 10.8 Å². The van der Waals surface area contributed by atoms with Crippen LogP contribution in [0.2, 0.25) is 0 Å². The molecule has 1 amide bonds. The number of carbonyl (C=O) groups excluding carboxylic acids is 1. The summed E-state index contributed by atoms with van der Waals surface area (Å²) in [6.07, 6.45) is 1.57. The van der Waals surface area contributed by atoms with Crippen LogP contribution in [0.3, 0.4) is 0 Å². The zero-order valence-electron chi connectivity index (χ0n) is 10.6. The van der Waals surface area contributed by atoms with Crippen molar-refractivity contribution in [3.63, 3.8) is 0 Å². The predicted molar refractivity (Wildman–Crippen MR) is 77.2 cm³/mol. The van der Waals surface area contributed by atoms with Crippen LogP contribution < -0.4 is 11.1 Å². The van der Waals surface area contributed by atoms with Crippen molar-refractivity contribution in [2.24, 2.45) is 5.73 Å². The highest BCUT2D eigenvalue weighted by Gasteiger charge is 2.15. The number of carbonyl (C=O) groups is 2. The summed E-state index contributed by atoms with van der Waals surface area (Å²) >= 11 is 3.27. The van der Waals surface area contributed by atoms with Gasteiger partial charge in [0.1, 0.15) is 0 Å². The quantitative estimate of drug-likeness (QED) is 0.717. The van der Waals surface area contributed by atoms with Gasteiger partial charge in [-0.2, -0.15) is 0 Å². The monoisotopic (exact) mass is 328 g/mol. The molecule has 0 aliphatic rings. The predicted octanol–water partition coefficient (Wildman–Crippen LogP) is 2.60. The molecule has 0 radical (unpaired) electrons. The number of aliphatic carboxylic acids is 1. The van der Waals surface area contributed by atoms with E-state index in [1.54, 1.807) is 18.2 Å². The molecule has 1 atom stereocenters. The summed E-state index contributed by atoms with van der Waals surface area (Å²) < 4.78 is 0.747. The van der Waals surface area contributed by atoms with Crippen molar-refractivity contribution in [1.29, 1.82) is 0 Å². The number of carboxylic acid groups (broad SMARTS) is 1. The van der Waals surface area contributed by atoms with Crippen molar-refractivity contribution in [1.82, 2.24) is 0 Å². The van der Waals surface area contributed by atoms with Crippen molar-refractivity contribution in [2.75, 3.05) is 5.32 Å². The standard InChI is InChI=1S/C13H17BrN2O3/c1-2-3-9(7-12(17)18)16-11-5-4-8(14)6-10(11)13(15)19/h4-6,9,16H,2-3,7H2,1H3,(H2,15,19)(H,17,18). The first-order valence-corrected chi connectivity index (χ1v) is 6.81. The summed E-state index contributed by atoms with van der Waals surface area (Å²) in [4.78, 5) is 22.2. The Kier molecular flexibility index (Phi) is 5.82. The Balaban J connectivity index is 2.95. The van der Waals surface area contributed by atoms with Gasteiger partial charge in [-0.25, -0.2) is 0 Å². The molecule has 1 aromatic rings. The highest BCUT2D eigenvalue weighted by atomic mass is 79.9. The minimum absolute atomic E-state index is 0.00209. The number of hydrogen-bond donors (Lipinski definition) is 3. The van der Waals surface area contributed by atoms with Gasteiger partial charge >= 0.3 is 5.97 Å². The summed E-state index contributed by atoms with van der Waals surface area (Å²) in [5.41, 5.74) is 6.23. The molecule has 5 nitrogen and oxygen atoms in total. The normalized spacial score (nSPS) is 11.9. The van der Waals surface area contributed by atoms with Crippen LogP contribution in [0.4, 0.5) is 5.69 Å². The Morgan fingerprint density at radius 1 is 1.47 bits per heavy atom. The van der Waals surface area contributed by atoms with Gasteiger partial charge in [-0.3, -0.25) is 9.59 Å². The molecule has 1 rings (SSSR count). The Bertz CT molecular complexity index is 477.